The molecule has 1 aliphatic rings. The van der Waals surface area contributed by atoms with Crippen LogP contribution in [0.15, 0.2) is 72.8 Å². The van der Waals surface area contributed by atoms with E-state index in [0.29, 0.717) is 25.3 Å². The van der Waals surface area contributed by atoms with Crippen LogP contribution in [0.2, 0.25) is 0 Å². The zero-order valence-electron chi connectivity index (χ0n) is 18.6. The molecule has 1 amide bonds. The largest absolute Gasteiger partial charge is 0.494 e. The van der Waals surface area contributed by atoms with E-state index in [1.165, 1.54) is 11.6 Å². The molecule has 0 spiro atoms. The van der Waals surface area contributed by atoms with E-state index in [9.17, 15) is 9.18 Å². The number of ether oxygens (including phenoxy) is 1. The molecule has 1 aromatic heterocycles. The highest BCUT2D eigenvalue weighted by atomic mass is 19.1. The molecular weight excluding hydrogens is 417 g/mol. The van der Waals surface area contributed by atoms with Gasteiger partial charge < -0.3 is 14.2 Å². The lowest BCUT2D eigenvalue weighted by molar-refractivity contribution is -0.117. The lowest BCUT2D eigenvalue weighted by Gasteiger charge is -2.18. The van der Waals surface area contributed by atoms with Gasteiger partial charge in [0.1, 0.15) is 17.4 Å². The predicted octanol–water partition coefficient (Wildman–Crippen LogP) is 5.47. The van der Waals surface area contributed by atoms with Crippen LogP contribution in [0.4, 0.5) is 10.1 Å². The first-order chi connectivity index (χ1) is 16.1. The summed E-state index contributed by atoms with van der Waals surface area (Å²) in [6, 6.07) is 22.5. The monoisotopic (exact) mass is 443 g/mol. The molecule has 1 fully saturated rings. The molecule has 6 heteroatoms. The number of benzene rings is 3. The van der Waals surface area contributed by atoms with Crippen LogP contribution in [-0.2, 0) is 11.3 Å². The highest BCUT2D eigenvalue weighted by Gasteiger charge is 2.35. The minimum atomic E-state index is -0.381. The van der Waals surface area contributed by atoms with Crippen molar-refractivity contribution in [2.75, 3.05) is 18.1 Å². The van der Waals surface area contributed by atoms with Crippen molar-refractivity contribution < 1.29 is 13.9 Å². The van der Waals surface area contributed by atoms with Gasteiger partial charge in [-0.25, -0.2) is 9.37 Å². The van der Waals surface area contributed by atoms with Crippen LogP contribution < -0.4 is 9.64 Å². The number of carbonyl (C=O) groups is 1. The molecule has 1 aliphatic heterocycles. The number of rotatable bonds is 7. The van der Waals surface area contributed by atoms with Crippen LogP contribution in [0.5, 0.6) is 5.75 Å². The molecule has 1 unspecified atom stereocenters. The van der Waals surface area contributed by atoms with Crippen molar-refractivity contribution in [2.24, 2.45) is 0 Å². The number of hydrogen-bond acceptors (Lipinski definition) is 3. The normalized spacial score (nSPS) is 16.0. The first-order valence-corrected chi connectivity index (χ1v) is 11.3. The Morgan fingerprint density at radius 2 is 1.79 bits per heavy atom. The minimum absolute atomic E-state index is 0.0774. The lowest BCUT2D eigenvalue weighted by atomic mass is 10.1. The maximum absolute atomic E-state index is 14.3. The van der Waals surface area contributed by atoms with Gasteiger partial charge in [-0.15, -0.1) is 0 Å². The van der Waals surface area contributed by atoms with Crippen molar-refractivity contribution >= 4 is 22.6 Å². The Balaban J connectivity index is 1.35. The molecule has 0 radical (unpaired) electrons. The Labute approximate surface area is 192 Å². The molecule has 168 valence electrons. The third-order valence-electron chi connectivity index (χ3n) is 6.13. The summed E-state index contributed by atoms with van der Waals surface area (Å²) in [7, 11) is 0. The SMILES string of the molecule is Cc1ccc(OCCCn2c(C3CC(=O)N(c4ccccc4F)C3)nc3ccccc32)cc1. The molecule has 1 atom stereocenters. The molecule has 0 N–H and O–H groups in total. The van der Waals surface area contributed by atoms with E-state index in [0.717, 1.165) is 35.6 Å². The number of carbonyl (C=O) groups excluding carboxylic acids is 1. The molecule has 33 heavy (non-hydrogen) atoms. The number of aromatic nitrogens is 2. The fourth-order valence-corrected chi connectivity index (χ4v) is 4.47. The summed E-state index contributed by atoms with van der Waals surface area (Å²) in [5, 5.41) is 0. The van der Waals surface area contributed by atoms with Crippen LogP contribution in [0.25, 0.3) is 11.0 Å². The summed E-state index contributed by atoms with van der Waals surface area (Å²) in [6.07, 6.45) is 1.12. The number of fused-ring (bicyclic) bond motifs is 1. The first-order valence-electron chi connectivity index (χ1n) is 11.3. The summed E-state index contributed by atoms with van der Waals surface area (Å²) in [4.78, 5) is 19.2. The summed E-state index contributed by atoms with van der Waals surface area (Å²) < 4.78 is 22.4. The molecule has 3 aromatic carbocycles. The number of aryl methyl sites for hydroxylation is 2. The van der Waals surface area contributed by atoms with Gasteiger partial charge in [-0.1, -0.05) is 42.0 Å². The van der Waals surface area contributed by atoms with Crippen LogP contribution in [-0.4, -0.2) is 28.6 Å². The number of imidazole rings is 1. The summed E-state index contributed by atoms with van der Waals surface area (Å²) >= 11 is 0. The third kappa shape index (κ3) is 4.33. The predicted molar refractivity (Wildman–Crippen MR) is 127 cm³/mol. The number of anilines is 1. The number of para-hydroxylation sites is 3. The second kappa shape index (κ2) is 9.06. The van der Waals surface area contributed by atoms with Gasteiger partial charge >= 0.3 is 0 Å². The van der Waals surface area contributed by atoms with Crippen molar-refractivity contribution in [2.45, 2.75) is 32.2 Å². The third-order valence-corrected chi connectivity index (χ3v) is 6.13. The van der Waals surface area contributed by atoms with Crippen LogP contribution in [0.1, 0.15) is 30.1 Å². The quantitative estimate of drug-likeness (QED) is 0.356. The van der Waals surface area contributed by atoms with Crippen molar-refractivity contribution in [1.82, 2.24) is 9.55 Å². The molecule has 5 nitrogen and oxygen atoms in total. The Bertz CT molecular complexity index is 1280. The topological polar surface area (TPSA) is 47.4 Å². The number of halogens is 1. The van der Waals surface area contributed by atoms with Crippen molar-refractivity contribution in [3.63, 3.8) is 0 Å². The highest BCUT2D eigenvalue weighted by molar-refractivity contribution is 5.96. The number of hydrogen-bond donors (Lipinski definition) is 0. The van der Waals surface area contributed by atoms with Gasteiger partial charge in [0.15, 0.2) is 0 Å². The minimum Gasteiger partial charge on any atom is -0.494 e. The number of amides is 1. The average Bonchev–Trinajstić information content (AvgIpc) is 3.39. The Hall–Kier alpha value is -3.67. The highest BCUT2D eigenvalue weighted by Crippen LogP contribution is 2.34. The van der Waals surface area contributed by atoms with Gasteiger partial charge in [-0.2, -0.15) is 0 Å². The molecule has 5 rings (SSSR count). The Morgan fingerprint density at radius 3 is 2.61 bits per heavy atom. The standard InChI is InChI=1S/C27H26FN3O2/c1-19-11-13-21(14-12-19)33-16-6-15-30-25-10-5-3-8-23(25)29-27(30)20-17-26(32)31(18-20)24-9-4-2-7-22(24)28/h2-5,7-14,20H,6,15-18H2,1H3. The molecule has 4 aromatic rings. The van der Waals surface area contributed by atoms with Gasteiger partial charge in [0.05, 0.1) is 23.3 Å². The van der Waals surface area contributed by atoms with E-state index >= 15 is 0 Å². The lowest BCUT2D eigenvalue weighted by Crippen LogP contribution is -2.25. The van der Waals surface area contributed by atoms with Crippen molar-refractivity contribution in [3.05, 3.63) is 90.0 Å². The molecule has 0 saturated carbocycles. The van der Waals surface area contributed by atoms with E-state index < -0.39 is 0 Å². The van der Waals surface area contributed by atoms with Gasteiger partial charge in [0.25, 0.3) is 0 Å². The molecule has 1 saturated heterocycles. The maximum atomic E-state index is 14.3. The fourth-order valence-electron chi connectivity index (χ4n) is 4.47. The van der Waals surface area contributed by atoms with E-state index in [4.69, 9.17) is 9.72 Å². The zero-order valence-corrected chi connectivity index (χ0v) is 18.6. The van der Waals surface area contributed by atoms with E-state index in [1.54, 1.807) is 23.1 Å². The van der Waals surface area contributed by atoms with Gasteiger partial charge in [-0.3, -0.25) is 4.79 Å². The molecule has 0 bridgehead atoms. The van der Waals surface area contributed by atoms with Gasteiger partial charge in [0, 0.05) is 25.4 Å². The van der Waals surface area contributed by atoms with Crippen LogP contribution in [0.3, 0.4) is 0 Å². The van der Waals surface area contributed by atoms with E-state index in [-0.39, 0.29) is 17.6 Å². The summed E-state index contributed by atoms with van der Waals surface area (Å²) in [5.41, 5.74) is 3.48. The first kappa shape index (κ1) is 21.2. The van der Waals surface area contributed by atoms with Crippen molar-refractivity contribution in [1.29, 1.82) is 0 Å². The second-order valence-corrected chi connectivity index (χ2v) is 8.48. The van der Waals surface area contributed by atoms with Crippen LogP contribution in [0, 0.1) is 12.7 Å². The molecular formula is C27H26FN3O2. The molecule has 2 heterocycles. The summed E-state index contributed by atoms with van der Waals surface area (Å²) in [6.45, 7) is 3.78. The second-order valence-electron chi connectivity index (χ2n) is 8.48. The molecule has 0 aliphatic carbocycles. The van der Waals surface area contributed by atoms with E-state index in [2.05, 4.69) is 17.6 Å². The van der Waals surface area contributed by atoms with E-state index in [1.807, 2.05) is 42.5 Å². The van der Waals surface area contributed by atoms with Gasteiger partial charge in [-0.05, 0) is 49.7 Å². The Morgan fingerprint density at radius 1 is 1.03 bits per heavy atom. The van der Waals surface area contributed by atoms with Crippen LogP contribution >= 0.6 is 0 Å². The Kier molecular flexibility index (Phi) is 5.82. The maximum Gasteiger partial charge on any atom is 0.227 e. The summed E-state index contributed by atoms with van der Waals surface area (Å²) in [5.74, 6) is 1.18. The number of nitrogens with zero attached hydrogens (tertiary/aromatic N) is 3. The smallest absolute Gasteiger partial charge is 0.227 e. The van der Waals surface area contributed by atoms with Crippen molar-refractivity contribution in [3.8, 4) is 5.75 Å². The van der Waals surface area contributed by atoms with Gasteiger partial charge in [0.2, 0.25) is 5.91 Å². The average molecular weight is 444 g/mol. The zero-order chi connectivity index (χ0) is 22.8. The fraction of sp³-hybridized carbons (Fsp3) is 0.259.